The molecular formula is C16H17N5O5. The summed E-state index contributed by atoms with van der Waals surface area (Å²) in [5, 5.41) is 28.1. The van der Waals surface area contributed by atoms with Crippen molar-refractivity contribution in [3.63, 3.8) is 0 Å². The first-order chi connectivity index (χ1) is 12.2. The van der Waals surface area contributed by atoms with Crippen molar-refractivity contribution in [1.82, 2.24) is 19.9 Å². The maximum absolute atomic E-state index is 12.7. The molecule has 1 aromatic heterocycles. The molecule has 1 saturated heterocycles. The number of carboxylic acids is 1. The van der Waals surface area contributed by atoms with E-state index in [1.165, 1.54) is 27.8 Å². The number of nitro benzene ring substituents is 1. The Kier molecular flexibility index (Phi) is 4.18. The molecule has 1 aliphatic heterocycles. The standard InChI is InChI=1S/C16H17N5O5/c1-10-13(14(22)19-7-6-16(2,9-19)15(23)24)17-18-20(10)11-4-3-5-12(8-11)21(25)26/h3-5,8H,6-7,9H2,1-2H3,(H,23,24). The Labute approximate surface area is 148 Å². The van der Waals surface area contributed by atoms with Crippen LogP contribution in [0.1, 0.15) is 29.5 Å². The van der Waals surface area contributed by atoms with Crippen molar-refractivity contribution in [2.75, 3.05) is 13.1 Å². The lowest BCUT2D eigenvalue weighted by Crippen LogP contribution is -2.35. The summed E-state index contributed by atoms with van der Waals surface area (Å²) < 4.78 is 1.35. The second-order valence-corrected chi connectivity index (χ2v) is 6.55. The molecule has 3 rings (SSSR count). The van der Waals surface area contributed by atoms with Crippen LogP contribution in [0.5, 0.6) is 0 Å². The number of hydrogen-bond donors (Lipinski definition) is 1. The Morgan fingerprint density at radius 1 is 1.38 bits per heavy atom. The van der Waals surface area contributed by atoms with Crippen molar-refractivity contribution in [2.45, 2.75) is 20.3 Å². The average Bonchev–Trinajstić information content (AvgIpc) is 3.19. The van der Waals surface area contributed by atoms with E-state index in [4.69, 9.17) is 0 Å². The van der Waals surface area contributed by atoms with E-state index in [0.29, 0.717) is 24.3 Å². The van der Waals surface area contributed by atoms with E-state index < -0.39 is 22.2 Å². The lowest BCUT2D eigenvalue weighted by atomic mass is 9.90. The third-order valence-corrected chi connectivity index (χ3v) is 4.66. The molecule has 0 spiro atoms. The molecule has 1 fully saturated rings. The molecule has 1 N–H and O–H groups in total. The van der Waals surface area contributed by atoms with Crippen LogP contribution in [0.2, 0.25) is 0 Å². The number of nitro groups is 1. The molecule has 1 amide bonds. The van der Waals surface area contributed by atoms with Crippen LogP contribution in [0.25, 0.3) is 5.69 Å². The highest BCUT2D eigenvalue weighted by Gasteiger charge is 2.43. The molecule has 0 saturated carbocycles. The van der Waals surface area contributed by atoms with Gasteiger partial charge in [-0.1, -0.05) is 11.3 Å². The number of non-ortho nitro benzene ring substituents is 1. The van der Waals surface area contributed by atoms with E-state index in [9.17, 15) is 24.8 Å². The summed E-state index contributed by atoms with van der Waals surface area (Å²) in [5.41, 5.74) is -0.118. The van der Waals surface area contributed by atoms with Gasteiger partial charge in [-0.15, -0.1) is 5.10 Å². The average molecular weight is 359 g/mol. The van der Waals surface area contributed by atoms with Gasteiger partial charge < -0.3 is 10.0 Å². The van der Waals surface area contributed by atoms with E-state index in [2.05, 4.69) is 10.3 Å². The van der Waals surface area contributed by atoms with Crippen LogP contribution in [-0.2, 0) is 4.79 Å². The van der Waals surface area contributed by atoms with Gasteiger partial charge in [-0.25, -0.2) is 4.68 Å². The first kappa shape index (κ1) is 17.5. The monoisotopic (exact) mass is 359 g/mol. The smallest absolute Gasteiger partial charge is 0.311 e. The summed E-state index contributed by atoms with van der Waals surface area (Å²) in [6.45, 7) is 3.67. The maximum atomic E-state index is 12.7. The number of likely N-dealkylation sites (tertiary alicyclic amines) is 1. The lowest BCUT2D eigenvalue weighted by Gasteiger charge is -2.19. The fourth-order valence-electron chi connectivity index (χ4n) is 2.97. The van der Waals surface area contributed by atoms with E-state index in [0.717, 1.165) is 0 Å². The molecule has 10 nitrogen and oxygen atoms in total. The molecule has 2 aromatic rings. The number of benzene rings is 1. The minimum Gasteiger partial charge on any atom is -0.481 e. The molecule has 26 heavy (non-hydrogen) atoms. The zero-order chi connectivity index (χ0) is 19.1. The molecule has 1 unspecified atom stereocenters. The van der Waals surface area contributed by atoms with Crippen molar-refractivity contribution in [1.29, 1.82) is 0 Å². The maximum Gasteiger partial charge on any atom is 0.311 e. The molecule has 0 radical (unpaired) electrons. The summed E-state index contributed by atoms with van der Waals surface area (Å²) in [4.78, 5) is 35.9. The van der Waals surface area contributed by atoms with E-state index >= 15 is 0 Å². The summed E-state index contributed by atoms with van der Waals surface area (Å²) in [6.07, 6.45) is 0.367. The number of aliphatic carboxylic acids is 1. The quantitative estimate of drug-likeness (QED) is 0.645. The van der Waals surface area contributed by atoms with Gasteiger partial charge in [-0.05, 0) is 26.3 Å². The van der Waals surface area contributed by atoms with Crippen molar-refractivity contribution in [3.8, 4) is 5.69 Å². The normalized spacial score (nSPS) is 19.5. The van der Waals surface area contributed by atoms with E-state index in [1.807, 2.05) is 0 Å². The van der Waals surface area contributed by atoms with Gasteiger partial charge >= 0.3 is 5.97 Å². The zero-order valence-electron chi connectivity index (χ0n) is 14.2. The molecule has 2 heterocycles. The third kappa shape index (κ3) is 2.89. The molecule has 136 valence electrons. The van der Waals surface area contributed by atoms with Crippen molar-refractivity contribution < 1.29 is 19.6 Å². The summed E-state index contributed by atoms with van der Waals surface area (Å²) in [6, 6.07) is 5.85. The van der Waals surface area contributed by atoms with Crippen LogP contribution in [-0.4, -0.2) is 54.9 Å². The largest absolute Gasteiger partial charge is 0.481 e. The number of carbonyl (C=O) groups is 2. The van der Waals surface area contributed by atoms with Gasteiger partial charge in [0.2, 0.25) is 0 Å². The van der Waals surface area contributed by atoms with Crippen LogP contribution < -0.4 is 0 Å². The van der Waals surface area contributed by atoms with Crippen LogP contribution in [0.4, 0.5) is 5.69 Å². The van der Waals surface area contributed by atoms with Gasteiger partial charge in [0.1, 0.15) is 0 Å². The second-order valence-electron chi connectivity index (χ2n) is 6.55. The van der Waals surface area contributed by atoms with Gasteiger partial charge in [-0.2, -0.15) is 0 Å². The minimum absolute atomic E-state index is 0.0953. The predicted molar refractivity (Wildman–Crippen MR) is 89.0 cm³/mol. The SMILES string of the molecule is Cc1c(C(=O)N2CCC(C)(C(=O)O)C2)nnn1-c1cccc([N+](=O)[O-])c1. The second kappa shape index (κ2) is 6.21. The molecule has 0 bridgehead atoms. The highest BCUT2D eigenvalue weighted by Crippen LogP contribution is 2.31. The Morgan fingerprint density at radius 3 is 2.73 bits per heavy atom. The number of amides is 1. The van der Waals surface area contributed by atoms with E-state index in [1.54, 1.807) is 19.9 Å². The fourth-order valence-corrected chi connectivity index (χ4v) is 2.97. The molecule has 1 atom stereocenters. The van der Waals surface area contributed by atoms with Crippen LogP contribution in [0.15, 0.2) is 24.3 Å². The topological polar surface area (TPSA) is 131 Å². The summed E-state index contributed by atoms with van der Waals surface area (Å²) >= 11 is 0. The lowest BCUT2D eigenvalue weighted by molar-refractivity contribution is -0.384. The highest BCUT2D eigenvalue weighted by atomic mass is 16.6. The number of hydrogen-bond acceptors (Lipinski definition) is 6. The zero-order valence-corrected chi connectivity index (χ0v) is 14.2. The Balaban J connectivity index is 1.88. The van der Waals surface area contributed by atoms with Crippen molar-refractivity contribution in [2.24, 2.45) is 5.41 Å². The summed E-state index contributed by atoms with van der Waals surface area (Å²) in [5.74, 6) is -1.34. The molecule has 10 heteroatoms. The van der Waals surface area contributed by atoms with Crippen LogP contribution in [0.3, 0.4) is 0 Å². The van der Waals surface area contributed by atoms with Crippen molar-refractivity contribution >= 4 is 17.6 Å². The minimum atomic E-state index is -0.973. The Hall–Kier alpha value is -3.30. The third-order valence-electron chi connectivity index (χ3n) is 4.66. The molecule has 1 aliphatic rings. The molecular weight excluding hydrogens is 342 g/mol. The number of nitrogens with zero attached hydrogens (tertiary/aromatic N) is 5. The fraction of sp³-hybridized carbons (Fsp3) is 0.375. The van der Waals surface area contributed by atoms with Gasteiger partial charge in [0, 0.05) is 25.2 Å². The van der Waals surface area contributed by atoms with E-state index in [-0.39, 0.29) is 17.9 Å². The number of carboxylic acid groups (broad SMARTS) is 1. The predicted octanol–water partition coefficient (Wildman–Crippen LogP) is 1.42. The van der Waals surface area contributed by atoms with Gasteiger partial charge in [0.05, 0.1) is 21.7 Å². The molecule has 0 aliphatic carbocycles. The Bertz CT molecular complexity index is 908. The van der Waals surface area contributed by atoms with Gasteiger partial charge in [-0.3, -0.25) is 19.7 Å². The number of aromatic nitrogens is 3. The van der Waals surface area contributed by atoms with Gasteiger partial charge in [0.25, 0.3) is 11.6 Å². The van der Waals surface area contributed by atoms with Crippen LogP contribution in [0, 0.1) is 22.5 Å². The number of rotatable bonds is 4. The van der Waals surface area contributed by atoms with Crippen LogP contribution >= 0.6 is 0 Å². The first-order valence-corrected chi connectivity index (χ1v) is 7.93. The molecule has 1 aromatic carbocycles. The Morgan fingerprint density at radius 2 is 2.12 bits per heavy atom. The van der Waals surface area contributed by atoms with Crippen molar-refractivity contribution in [3.05, 3.63) is 45.8 Å². The van der Waals surface area contributed by atoms with Gasteiger partial charge in [0.15, 0.2) is 5.69 Å². The number of carbonyl (C=O) groups excluding carboxylic acids is 1. The highest BCUT2D eigenvalue weighted by molar-refractivity contribution is 5.94. The summed E-state index contributed by atoms with van der Waals surface area (Å²) in [7, 11) is 0. The first-order valence-electron chi connectivity index (χ1n) is 7.93.